The van der Waals surface area contributed by atoms with E-state index in [9.17, 15) is 0 Å². The van der Waals surface area contributed by atoms with Crippen molar-refractivity contribution in [2.24, 2.45) is 0 Å². The monoisotopic (exact) mass is 269 g/mol. The number of benzene rings is 1. The first-order valence-electron chi connectivity index (χ1n) is 7.69. The molecule has 0 bridgehead atoms. The van der Waals surface area contributed by atoms with Crippen LogP contribution in [0.4, 0.5) is 5.69 Å². The zero-order valence-corrected chi connectivity index (χ0v) is 12.2. The molecule has 1 saturated heterocycles. The molecule has 3 heteroatoms. The number of hydrogen-bond acceptors (Lipinski definition) is 3. The molecule has 0 saturated carbocycles. The molecule has 1 aromatic heterocycles. The third kappa shape index (κ3) is 3.10. The van der Waals surface area contributed by atoms with Crippen molar-refractivity contribution < 1.29 is 0 Å². The molecule has 3 rings (SSSR count). The fourth-order valence-corrected chi connectivity index (χ4v) is 3.02. The molecule has 0 atom stereocenters. The molecule has 106 valence electrons. The summed E-state index contributed by atoms with van der Waals surface area (Å²) >= 11 is 0. The summed E-state index contributed by atoms with van der Waals surface area (Å²) in [6.45, 7) is 5.95. The lowest BCUT2D eigenvalue weighted by atomic mass is 10.0. The van der Waals surface area contributed by atoms with Gasteiger partial charge >= 0.3 is 0 Å². The normalized spacial score (nSPS) is 17.4. The Kier molecular flexibility index (Phi) is 4.16. The van der Waals surface area contributed by atoms with E-state index in [1.165, 1.54) is 50.0 Å². The summed E-state index contributed by atoms with van der Waals surface area (Å²) in [7, 11) is 0. The number of hydrogen-bond donors (Lipinski definition) is 1. The lowest BCUT2D eigenvalue weighted by molar-refractivity contribution is 0.219. The number of aromatic nitrogens is 1. The van der Waals surface area contributed by atoms with Gasteiger partial charge in [0.25, 0.3) is 0 Å². The SMILES string of the molecule is CCCN1CCC(Nc2ccc3ncccc3c2)CC1. The zero-order valence-electron chi connectivity index (χ0n) is 12.2. The number of anilines is 1. The molecular weight excluding hydrogens is 246 g/mol. The number of pyridine rings is 1. The second-order valence-electron chi connectivity index (χ2n) is 5.67. The second kappa shape index (κ2) is 6.23. The molecule has 1 aromatic carbocycles. The topological polar surface area (TPSA) is 28.2 Å². The highest BCUT2D eigenvalue weighted by Crippen LogP contribution is 2.20. The van der Waals surface area contributed by atoms with E-state index in [1.54, 1.807) is 0 Å². The molecule has 0 unspecified atom stereocenters. The van der Waals surface area contributed by atoms with Gasteiger partial charge in [0.05, 0.1) is 5.52 Å². The molecule has 0 aliphatic carbocycles. The van der Waals surface area contributed by atoms with E-state index in [4.69, 9.17) is 0 Å². The molecule has 2 heterocycles. The van der Waals surface area contributed by atoms with Crippen molar-refractivity contribution in [2.45, 2.75) is 32.2 Å². The van der Waals surface area contributed by atoms with Crippen LogP contribution in [0.3, 0.4) is 0 Å². The van der Waals surface area contributed by atoms with E-state index in [0.29, 0.717) is 6.04 Å². The molecule has 0 radical (unpaired) electrons. The van der Waals surface area contributed by atoms with Gasteiger partial charge < -0.3 is 10.2 Å². The van der Waals surface area contributed by atoms with Gasteiger partial charge in [-0.25, -0.2) is 0 Å². The number of nitrogens with zero attached hydrogens (tertiary/aromatic N) is 2. The minimum absolute atomic E-state index is 0.609. The van der Waals surface area contributed by atoms with Gasteiger partial charge in [0.15, 0.2) is 0 Å². The lowest BCUT2D eigenvalue weighted by Crippen LogP contribution is -2.39. The summed E-state index contributed by atoms with van der Waals surface area (Å²) in [5.74, 6) is 0. The van der Waals surface area contributed by atoms with Crippen molar-refractivity contribution in [3.8, 4) is 0 Å². The zero-order chi connectivity index (χ0) is 13.8. The molecule has 0 amide bonds. The Balaban J connectivity index is 1.62. The first-order chi connectivity index (χ1) is 9.85. The van der Waals surface area contributed by atoms with Crippen molar-refractivity contribution in [3.05, 3.63) is 36.5 Å². The molecule has 1 fully saturated rings. The van der Waals surface area contributed by atoms with E-state index in [1.807, 2.05) is 12.3 Å². The van der Waals surface area contributed by atoms with E-state index >= 15 is 0 Å². The van der Waals surface area contributed by atoms with Crippen molar-refractivity contribution in [2.75, 3.05) is 25.0 Å². The molecular formula is C17H23N3. The highest BCUT2D eigenvalue weighted by Gasteiger charge is 2.18. The average Bonchev–Trinajstić information content (AvgIpc) is 2.49. The van der Waals surface area contributed by atoms with Crippen LogP contribution in [0, 0.1) is 0 Å². The van der Waals surface area contributed by atoms with Crippen LogP contribution in [-0.4, -0.2) is 35.6 Å². The minimum atomic E-state index is 0.609. The van der Waals surface area contributed by atoms with Crippen molar-refractivity contribution >= 4 is 16.6 Å². The van der Waals surface area contributed by atoms with Gasteiger partial charge in [0.1, 0.15) is 0 Å². The second-order valence-corrected chi connectivity index (χ2v) is 5.67. The van der Waals surface area contributed by atoms with Gasteiger partial charge in [-0.15, -0.1) is 0 Å². The maximum atomic E-state index is 4.37. The first kappa shape index (κ1) is 13.4. The van der Waals surface area contributed by atoms with Crippen LogP contribution >= 0.6 is 0 Å². The van der Waals surface area contributed by atoms with Gasteiger partial charge in [-0.2, -0.15) is 0 Å². The maximum absolute atomic E-state index is 4.37. The Hall–Kier alpha value is -1.61. The third-order valence-corrected chi connectivity index (χ3v) is 4.10. The van der Waals surface area contributed by atoms with Crippen LogP contribution < -0.4 is 5.32 Å². The van der Waals surface area contributed by atoms with Gasteiger partial charge in [-0.05, 0) is 50.1 Å². The Morgan fingerprint density at radius 3 is 2.90 bits per heavy atom. The quantitative estimate of drug-likeness (QED) is 0.920. The van der Waals surface area contributed by atoms with Gasteiger partial charge in [0.2, 0.25) is 0 Å². The maximum Gasteiger partial charge on any atom is 0.0703 e. The van der Waals surface area contributed by atoms with Crippen LogP contribution in [0.1, 0.15) is 26.2 Å². The van der Waals surface area contributed by atoms with Crippen molar-refractivity contribution in [3.63, 3.8) is 0 Å². The van der Waals surface area contributed by atoms with E-state index in [0.717, 1.165) is 5.52 Å². The highest BCUT2D eigenvalue weighted by atomic mass is 15.1. The summed E-state index contributed by atoms with van der Waals surface area (Å²) in [5, 5.41) is 4.89. The highest BCUT2D eigenvalue weighted by molar-refractivity contribution is 5.82. The Labute approximate surface area is 121 Å². The number of likely N-dealkylation sites (tertiary alicyclic amines) is 1. The van der Waals surface area contributed by atoms with Crippen LogP contribution in [0.2, 0.25) is 0 Å². The third-order valence-electron chi connectivity index (χ3n) is 4.10. The molecule has 1 aliphatic rings. The molecule has 1 N–H and O–H groups in total. The minimum Gasteiger partial charge on any atom is -0.382 e. The van der Waals surface area contributed by atoms with Crippen molar-refractivity contribution in [1.82, 2.24) is 9.88 Å². The summed E-state index contributed by atoms with van der Waals surface area (Å²) in [6, 6.07) is 11.2. The summed E-state index contributed by atoms with van der Waals surface area (Å²) in [5.41, 5.74) is 2.29. The largest absolute Gasteiger partial charge is 0.382 e. The molecule has 3 nitrogen and oxygen atoms in total. The Bertz CT molecular complexity index is 559. The van der Waals surface area contributed by atoms with Gasteiger partial charge in [-0.1, -0.05) is 13.0 Å². The van der Waals surface area contributed by atoms with E-state index < -0.39 is 0 Å². The smallest absolute Gasteiger partial charge is 0.0703 e. The molecule has 0 spiro atoms. The fourth-order valence-electron chi connectivity index (χ4n) is 3.02. The molecule has 2 aromatic rings. The van der Waals surface area contributed by atoms with Crippen molar-refractivity contribution in [1.29, 1.82) is 0 Å². The first-order valence-corrected chi connectivity index (χ1v) is 7.69. The predicted molar refractivity (Wildman–Crippen MR) is 85.1 cm³/mol. The van der Waals surface area contributed by atoms with Gasteiger partial charge in [0, 0.05) is 36.4 Å². The summed E-state index contributed by atoms with van der Waals surface area (Å²) in [4.78, 5) is 6.94. The van der Waals surface area contributed by atoms with Gasteiger partial charge in [-0.3, -0.25) is 4.98 Å². The standard InChI is InChI=1S/C17H23N3/c1-2-10-20-11-7-15(8-12-20)19-16-5-6-17-14(13-16)4-3-9-18-17/h3-6,9,13,15,19H,2,7-8,10-12H2,1H3. The molecule has 20 heavy (non-hydrogen) atoms. The predicted octanol–water partition coefficient (Wildman–Crippen LogP) is 3.52. The van der Waals surface area contributed by atoms with Crippen LogP contribution in [-0.2, 0) is 0 Å². The number of rotatable bonds is 4. The summed E-state index contributed by atoms with van der Waals surface area (Å²) in [6.07, 6.45) is 5.59. The lowest BCUT2D eigenvalue weighted by Gasteiger charge is -2.32. The number of fused-ring (bicyclic) bond motifs is 1. The number of piperidine rings is 1. The Morgan fingerprint density at radius 2 is 2.10 bits per heavy atom. The fraction of sp³-hybridized carbons (Fsp3) is 0.471. The van der Waals surface area contributed by atoms with E-state index in [2.05, 4.69) is 46.4 Å². The van der Waals surface area contributed by atoms with Crippen LogP contribution in [0.5, 0.6) is 0 Å². The van der Waals surface area contributed by atoms with Crippen LogP contribution in [0.15, 0.2) is 36.5 Å². The average molecular weight is 269 g/mol. The van der Waals surface area contributed by atoms with Crippen LogP contribution in [0.25, 0.3) is 10.9 Å². The molecule has 1 aliphatic heterocycles. The summed E-state index contributed by atoms with van der Waals surface area (Å²) < 4.78 is 0. The van der Waals surface area contributed by atoms with E-state index in [-0.39, 0.29) is 0 Å². The number of nitrogens with one attached hydrogen (secondary N) is 1. The Morgan fingerprint density at radius 1 is 1.25 bits per heavy atom.